The van der Waals surface area contributed by atoms with Crippen LogP contribution in [0.1, 0.15) is 41.3 Å². The molecule has 0 aliphatic heterocycles. The SMILES string of the molecule is CC(=O)c1cccc(OCCCC(=O)Nc2cc(CN)cc(C(F)(F)F)c2)c1.Cl. The van der Waals surface area contributed by atoms with Gasteiger partial charge in [-0.25, -0.2) is 0 Å². The van der Waals surface area contributed by atoms with Crippen LogP contribution in [0.25, 0.3) is 0 Å². The number of alkyl halides is 3. The van der Waals surface area contributed by atoms with Crippen LogP contribution in [0.4, 0.5) is 18.9 Å². The summed E-state index contributed by atoms with van der Waals surface area (Å²) < 4.78 is 44.3. The molecule has 2 aromatic carbocycles. The van der Waals surface area contributed by atoms with Crippen LogP contribution in [0.2, 0.25) is 0 Å². The van der Waals surface area contributed by atoms with Crippen LogP contribution in [-0.4, -0.2) is 18.3 Å². The van der Waals surface area contributed by atoms with Crippen molar-refractivity contribution < 1.29 is 27.5 Å². The van der Waals surface area contributed by atoms with Crippen LogP contribution in [0.15, 0.2) is 42.5 Å². The van der Waals surface area contributed by atoms with E-state index in [1.807, 2.05) is 0 Å². The standard InChI is InChI=1S/C20H21F3N2O3.ClH/c1-13(26)15-4-2-5-18(10-15)28-7-3-6-19(27)25-17-9-14(12-24)8-16(11-17)20(21,22)23;/h2,4-5,8-11H,3,6-7,12,24H2,1H3,(H,25,27);1H. The molecule has 0 unspecified atom stereocenters. The molecule has 0 heterocycles. The maximum atomic E-state index is 12.9. The maximum Gasteiger partial charge on any atom is 0.416 e. The third-order valence-corrected chi connectivity index (χ3v) is 3.90. The zero-order chi connectivity index (χ0) is 20.7. The highest BCUT2D eigenvalue weighted by molar-refractivity contribution is 5.94. The number of anilines is 1. The molecule has 158 valence electrons. The van der Waals surface area contributed by atoms with Crippen molar-refractivity contribution in [3.05, 3.63) is 59.2 Å². The first-order valence-corrected chi connectivity index (χ1v) is 8.64. The number of ether oxygens (including phenoxy) is 1. The third kappa shape index (κ3) is 7.75. The minimum absolute atomic E-state index is 0. The Morgan fingerprint density at radius 1 is 1.14 bits per heavy atom. The molecule has 0 spiro atoms. The zero-order valence-corrected chi connectivity index (χ0v) is 16.5. The van der Waals surface area contributed by atoms with Crippen LogP contribution in [0, 0.1) is 0 Å². The summed E-state index contributed by atoms with van der Waals surface area (Å²) in [6, 6.07) is 9.92. The van der Waals surface area contributed by atoms with E-state index in [2.05, 4.69) is 5.32 Å². The van der Waals surface area contributed by atoms with Gasteiger partial charge in [-0.3, -0.25) is 9.59 Å². The number of ketones is 1. The Hall–Kier alpha value is -2.58. The number of carbonyl (C=O) groups excluding carboxylic acids is 2. The Labute approximate surface area is 172 Å². The molecule has 5 nitrogen and oxygen atoms in total. The van der Waals surface area contributed by atoms with E-state index in [-0.39, 0.29) is 49.0 Å². The molecule has 29 heavy (non-hydrogen) atoms. The summed E-state index contributed by atoms with van der Waals surface area (Å²) in [5.41, 5.74) is 5.42. The molecule has 2 aromatic rings. The van der Waals surface area contributed by atoms with Crippen molar-refractivity contribution in [2.75, 3.05) is 11.9 Å². The number of benzene rings is 2. The van der Waals surface area contributed by atoms with Crippen molar-refractivity contribution in [3.8, 4) is 5.75 Å². The van der Waals surface area contributed by atoms with Gasteiger partial charge in [-0.1, -0.05) is 12.1 Å². The fourth-order valence-corrected chi connectivity index (χ4v) is 2.50. The summed E-state index contributed by atoms with van der Waals surface area (Å²) in [6.45, 7) is 1.61. The molecule has 1 amide bonds. The lowest BCUT2D eigenvalue weighted by Gasteiger charge is -2.12. The number of hydrogen-bond donors (Lipinski definition) is 2. The molecule has 3 N–H and O–H groups in total. The number of hydrogen-bond acceptors (Lipinski definition) is 4. The maximum absolute atomic E-state index is 12.9. The third-order valence-electron chi connectivity index (χ3n) is 3.90. The monoisotopic (exact) mass is 430 g/mol. The fraction of sp³-hybridized carbons (Fsp3) is 0.300. The number of halogens is 4. The van der Waals surface area contributed by atoms with E-state index in [1.54, 1.807) is 24.3 Å². The van der Waals surface area contributed by atoms with E-state index in [1.165, 1.54) is 13.0 Å². The Bertz CT molecular complexity index is 857. The molecule has 0 saturated carbocycles. The molecule has 0 bridgehead atoms. The van der Waals surface area contributed by atoms with E-state index in [4.69, 9.17) is 10.5 Å². The molecule has 0 fully saturated rings. The molecule has 0 aliphatic carbocycles. The number of amides is 1. The molecule has 0 aliphatic rings. The number of rotatable bonds is 8. The van der Waals surface area contributed by atoms with Crippen LogP contribution in [0.3, 0.4) is 0 Å². The van der Waals surface area contributed by atoms with E-state index in [9.17, 15) is 22.8 Å². The number of carbonyl (C=O) groups is 2. The second-order valence-corrected chi connectivity index (χ2v) is 6.20. The van der Waals surface area contributed by atoms with Crippen molar-refractivity contribution in [1.82, 2.24) is 0 Å². The highest BCUT2D eigenvalue weighted by Gasteiger charge is 2.31. The van der Waals surface area contributed by atoms with E-state index in [0.717, 1.165) is 12.1 Å². The van der Waals surface area contributed by atoms with E-state index < -0.39 is 17.6 Å². The highest BCUT2D eigenvalue weighted by Crippen LogP contribution is 2.32. The predicted molar refractivity (Wildman–Crippen MR) is 106 cm³/mol. The van der Waals surface area contributed by atoms with Gasteiger partial charge in [0.2, 0.25) is 5.91 Å². The van der Waals surface area contributed by atoms with Gasteiger partial charge in [-0.05, 0) is 49.2 Å². The van der Waals surface area contributed by atoms with Crippen molar-refractivity contribution in [2.45, 2.75) is 32.5 Å². The van der Waals surface area contributed by atoms with Crippen LogP contribution in [0.5, 0.6) is 5.75 Å². The molecule has 9 heteroatoms. The number of nitrogens with one attached hydrogen (secondary N) is 1. The predicted octanol–water partition coefficient (Wildman–Crippen LogP) is 4.59. The van der Waals surface area contributed by atoms with Crippen LogP contribution in [-0.2, 0) is 17.5 Å². The van der Waals surface area contributed by atoms with Gasteiger partial charge in [0.15, 0.2) is 5.78 Å². The van der Waals surface area contributed by atoms with E-state index in [0.29, 0.717) is 17.7 Å². The molecule has 0 radical (unpaired) electrons. The van der Waals surface area contributed by atoms with Crippen molar-refractivity contribution in [2.24, 2.45) is 5.73 Å². The smallest absolute Gasteiger partial charge is 0.416 e. The highest BCUT2D eigenvalue weighted by atomic mass is 35.5. The molecule has 0 saturated heterocycles. The van der Waals surface area contributed by atoms with Crippen molar-refractivity contribution in [3.63, 3.8) is 0 Å². The van der Waals surface area contributed by atoms with Gasteiger partial charge >= 0.3 is 6.18 Å². The molecular formula is C20H22ClF3N2O3. The first-order chi connectivity index (χ1) is 13.2. The summed E-state index contributed by atoms with van der Waals surface area (Å²) in [7, 11) is 0. The average molecular weight is 431 g/mol. The Balaban J connectivity index is 0.00000420. The lowest BCUT2D eigenvalue weighted by molar-refractivity contribution is -0.137. The van der Waals surface area contributed by atoms with Crippen LogP contribution < -0.4 is 15.8 Å². The molecule has 0 atom stereocenters. The summed E-state index contributed by atoms with van der Waals surface area (Å²) >= 11 is 0. The first kappa shape index (κ1) is 24.5. The van der Waals surface area contributed by atoms with Gasteiger partial charge in [-0.2, -0.15) is 13.2 Å². The lowest BCUT2D eigenvalue weighted by Crippen LogP contribution is -2.15. The van der Waals surface area contributed by atoms with Crippen LogP contribution >= 0.6 is 12.4 Å². The second kappa shape index (κ2) is 10.8. The van der Waals surface area contributed by atoms with Gasteiger partial charge < -0.3 is 15.8 Å². The minimum Gasteiger partial charge on any atom is -0.494 e. The van der Waals surface area contributed by atoms with E-state index >= 15 is 0 Å². The van der Waals surface area contributed by atoms with Crippen molar-refractivity contribution >= 4 is 29.8 Å². The summed E-state index contributed by atoms with van der Waals surface area (Å²) in [6.07, 6.45) is -4.09. The summed E-state index contributed by atoms with van der Waals surface area (Å²) in [5.74, 6) is 0.00437. The number of Topliss-reactive ketones (excluding diaryl/α,β-unsaturated/α-hetero) is 1. The summed E-state index contributed by atoms with van der Waals surface area (Å²) in [5, 5.41) is 2.46. The largest absolute Gasteiger partial charge is 0.494 e. The molecule has 0 aromatic heterocycles. The second-order valence-electron chi connectivity index (χ2n) is 6.20. The molecular weight excluding hydrogens is 409 g/mol. The van der Waals surface area contributed by atoms with Gasteiger partial charge in [0, 0.05) is 24.2 Å². The topological polar surface area (TPSA) is 81.4 Å². The Morgan fingerprint density at radius 3 is 2.48 bits per heavy atom. The Kier molecular flexibility index (Phi) is 9.13. The Morgan fingerprint density at radius 2 is 1.86 bits per heavy atom. The molecule has 2 rings (SSSR count). The van der Waals surface area contributed by atoms with Gasteiger partial charge in [0.25, 0.3) is 0 Å². The fourth-order valence-electron chi connectivity index (χ4n) is 2.50. The van der Waals surface area contributed by atoms with Gasteiger partial charge in [-0.15, -0.1) is 12.4 Å². The normalized spacial score (nSPS) is 10.8. The first-order valence-electron chi connectivity index (χ1n) is 8.64. The quantitative estimate of drug-likeness (QED) is 0.474. The average Bonchev–Trinajstić information content (AvgIpc) is 2.64. The summed E-state index contributed by atoms with van der Waals surface area (Å²) in [4.78, 5) is 23.3. The lowest BCUT2D eigenvalue weighted by atomic mass is 10.1. The minimum atomic E-state index is -4.52. The van der Waals surface area contributed by atoms with Gasteiger partial charge in [0.05, 0.1) is 12.2 Å². The number of nitrogens with two attached hydrogens (primary N) is 1. The van der Waals surface area contributed by atoms with Crippen molar-refractivity contribution in [1.29, 1.82) is 0 Å². The zero-order valence-electron chi connectivity index (χ0n) is 15.7. The van der Waals surface area contributed by atoms with Gasteiger partial charge in [0.1, 0.15) is 5.75 Å².